The molecule has 2 aromatic carbocycles. The van der Waals surface area contributed by atoms with Crippen LogP contribution >= 0.6 is 12.4 Å². The molecule has 2 fully saturated rings. The van der Waals surface area contributed by atoms with Crippen molar-refractivity contribution in [3.05, 3.63) is 59.7 Å². The maximum absolute atomic E-state index is 11.5. The Morgan fingerprint density at radius 1 is 0.914 bits per heavy atom. The molecule has 0 bridgehead atoms. The lowest BCUT2D eigenvalue weighted by molar-refractivity contribution is -0.148. The molecular formula is C25H31ClN2O7. The molecule has 0 aromatic heterocycles. The number of esters is 1. The number of amides is 1. The summed E-state index contributed by atoms with van der Waals surface area (Å²) in [4.78, 5) is 35.7. The minimum absolute atomic E-state index is 0. The molecule has 1 amide bonds. The number of ether oxygens (including phenoxy) is 1. The van der Waals surface area contributed by atoms with E-state index in [4.69, 9.17) is 4.74 Å². The molecule has 4 atom stereocenters. The highest BCUT2D eigenvalue weighted by molar-refractivity contribution is 5.85. The molecular weight excluding hydrogens is 476 g/mol. The second-order valence-electron chi connectivity index (χ2n) is 8.42. The molecule has 4 rings (SSSR count). The molecule has 190 valence electrons. The largest absolute Gasteiger partial charge is 0.508 e. The molecule has 2 aliphatic rings. The van der Waals surface area contributed by atoms with Crippen LogP contribution in [0.5, 0.6) is 11.5 Å². The summed E-state index contributed by atoms with van der Waals surface area (Å²) in [7, 11) is 1.40. The third-order valence-electron chi connectivity index (χ3n) is 6.37. The van der Waals surface area contributed by atoms with Crippen LogP contribution in [0.2, 0.25) is 0 Å². The third kappa shape index (κ3) is 6.64. The zero-order valence-electron chi connectivity index (χ0n) is 19.6. The fraction of sp³-hybridized carbons (Fsp3) is 0.400. The van der Waals surface area contributed by atoms with Crippen LogP contribution in [0.4, 0.5) is 0 Å². The fourth-order valence-corrected chi connectivity index (χ4v) is 4.68. The first-order valence-corrected chi connectivity index (χ1v) is 11.1. The molecule has 0 spiro atoms. The number of methoxy groups -OCH3 is 1. The van der Waals surface area contributed by atoms with Gasteiger partial charge in [-0.25, -0.2) is 4.79 Å². The first kappa shape index (κ1) is 27.9. The molecule has 4 unspecified atom stereocenters. The van der Waals surface area contributed by atoms with Crippen molar-refractivity contribution in [2.24, 2.45) is 0 Å². The number of rotatable bonds is 4. The van der Waals surface area contributed by atoms with Crippen LogP contribution < -0.4 is 5.32 Å². The fourth-order valence-electron chi connectivity index (χ4n) is 4.68. The van der Waals surface area contributed by atoms with E-state index < -0.39 is 12.0 Å². The van der Waals surface area contributed by atoms with Crippen molar-refractivity contribution in [3.63, 3.8) is 0 Å². The van der Waals surface area contributed by atoms with Crippen LogP contribution in [-0.2, 0) is 19.1 Å². The number of aliphatic carboxylic acids is 1. The van der Waals surface area contributed by atoms with Crippen molar-refractivity contribution in [1.82, 2.24) is 10.2 Å². The van der Waals surface area contributed by atoms with E-state index in [-0.39, 0.29) is 53.7 Å². The average molecular weight is 507 g/mol. The normalized spacial score (nSPS) is 23.0. The Bertz CT molecular complexity index is 1010. The molecule has 4 N–H and O–H groups in total. The standard InChI is InChI=1S/C13H15NO4.C12H15NO3.ClH/c1-8(15)14-7-6-11(12(14)13(17)18)9-2-4-10(16)5-3-9;1-16-12(15)11-10(6-7-13-11)8-2-4-9(14)5-3-8;/h2-5,11-12,16H,6-7H2,1H3,(H,17,18);2-5,10-11,13-14H,6-7H2,1H3;1H. The van der Waals surface area contributed by atoms with E-state index in [9.17, 15) is 29.7 Å². The van der Waals surface area contributed by atoms with E-state index >= 15 is 0 Å². The maximum atomic E-state index is 11.5. The number of carbonyl (C=O) groups excluding carboxylic acids is 2. The highest BCUT2D eigenvalue weighted by Crippen LogP contribution is 2.34. The number of benzene rings is 2. The predicted octanol–water partition coefficient (Wildman–Crippen LogP) is 2.61. The van der Waals surface area contributed by atoms with Gasteiger partial charge in [-0.05, 0) is 54.8 Å². The number of likely N-dealkylation sites (tertiary alicyclic amines) is 1. The number of halogens is 1. The number of phenols is 2. The summed E-state index contributed by atoms with van der Waals surface area (Å²) in [5, 5.41) is 30.9. The number of phenolic OH excluding ortho intramolecular Hbond substituents is 2. The lowest BCUT2D eigenvalue weighted by atomic mass is 9.91. The lowest BCUT2D eigenvalue weighted by Crippen LogP contribution is -2.41. The zero-order chi connectivity index (χ0) is 24.8. The summed E-state index contributed by atoms with van der Waals surface area (Å²) in [6.07, 6.45) is 1.53. The Kier molecular flexibility index (Phi) is 9.91. The Morgan fingerprint density at radius 3 is 1.89 bits per heavy atom. The monoisotopic (exact) mass is 506 g/mol. The van der Waals surface area contributed by atoms with E-state index in [1.54, 1.807) is 24.3 Å². The summed E-state index contributed by atoms with van der Waals surface area (Å²) >= 11 is 0. The molecule has 0 radical (unpaired) electrons. The van der Waals surface area contributed by atoms with Crippen molar-refractivity contribution >= 4 is 30.3 Å². The molecule has 2 saturated heterocycles. The SMILES string of the molecule is CC(=O)N1CCC(c2ccc(O)cc2)C1C(=O)O.COC(=O)C1NCCC1c1ccc(O)cc1.Cl. The second-order valence-corrected chi connectivity index (χ2v) is 8.42. The Hall–Kier alpha value is -3.30. The van der Waals surface area contributed by atoms with Crippen LogP contribution in [0.1, 0.15) is 42.7 Å². The number of nitrogens with zero attached hydrogens (tertiary/aromatic N) is 1. The molecule has 0 aliphatic carbocycles. The van der Waals surface area contributed by atoms with Gasteiger partial charge in [0.25, 0.3) is 0 Å². The molecule has 2 aliphatic heterocycles. The van der Waals surface area contributed by atoms with Crippen LogP contribution in [-0.4, -0.2) is 70.3 Å². The number of carboxylic acid groups (broad SMARTS) is 1. The molecule has 2 aromatic rings. The molecule has 0 saturated carbocycles. The van der Waals surface area contributed by atoms with Gasteiger partial charge in [0.05, 0.1) is 7.11 Å². The second kappa shape index (κ2) is 12.4. The topological polar surface area (TPSA) is 136 Å². The van der Waals surface area contributed by atoms with E-state index in [1.165, 1.54) is 31.1 Å². The summed E-state index contributed by atoms with van der Waals surface area (Å²) in [6.45, 7) is 2.65. The zero-order valence-corrected chi connectivity index (χ0v) is 20.4. The van der Waals surface area contributed by atoms with Crippen LogP contribution in [0.3, 0.4) is 0 Å². The van der Waals surface area contributed by atoms with Gasteiger partial charge in [0, 0.05) is 25.3 Å². The number of nitrogens with one attached hydrogen (secondary N) is 1. The summed E-state index contributed by atoms with van der Waals surface area (Å²) in [6, 6.07) is 12.4. The quantitative estimate of drug-likeness (QED) is 0.464. The van der Waals surface area contributed by atoms with Gasteiger partial charge in [-0.1, -0.05) is 24.3 Å². The van der Waals surface area contributed by atoms with Crippen molar-refractivity contribution < 1.29 is 34.4 Å². The van der Waals surface area contributed by atoms with Gasteiger partial charge in [-0.2, -0.15) is 0 Å². The molecule has 35 heavy (non-hydrogen) atoms. The molecule has 10 heteroatoms. The first-order valence-electron chi connectivity index (χ1n) is 11.1. The van der Waals surface area contributed by atoms with Gasteiger partial charge in [-0.3, -0.25) is 9.59 Å². The lowest BCUT2D eigenvalue weighted by Gasteiger charge is -2.23. The summed E-state index contributed by atoms with van der Waals surface area (Å²) in [5.74, 6) is -1.13. The summed E-state index contributed by atoms with van der Waals surface area (Å²) < 4.78 is 4.76. The molecule has 2 heterocycles. The van der Waals surface area contributed by atoms with Gasteiger partial charge in [0.15, 0.2) is 0 Å². The van der Waals surface area contributed by atoms with Crippen molar-refractivity contribution in [3.8, 4) is 11.5 Å². The summed E-state index contributed by atoms with van der Waals surface area (Å²) in [5.41, 5.74) is 1.89. The maximum Gasteiger partial charge on any atom is 0.327 e. The van der Waals surface area contributed by atoms with E-state index in [0.29, 0.717) is 13.0 Å². The van der Waals surface area contributed by atoms with E-state index in [0.717, 1.165) is 24.1 Å². The number of carboxylic acids is 1. The minimum atomic E-state index is -0.985. The van der Waals surface area contributed by atoms with Gasteiger partial charge in [0.2, 0.25) is 5.91 Å². The van der Waals surface area contributed by atoms with Gasteiger partial charge in [0.1, 0.15) is 23.6 Å². The van der Waals surface area contributed by atoms with Crippen molar-refractivity contribution in [2.45, 2.75) is 43.7 Å². The van der Waals surface area contributed by atoms with Gasteiger partial charge in [-0.15, -0.1) is 12.4 Å². The molecule has 9 nitrogen and oxygen atoms in total. The first-order chi connectivity index (χ1) is 16.2. The third-order valence-corrected chi connectivity index (χ3v) is 6.37. The van der Waals surface area contributed by atoms with Crippen LogP contribution in [0, 0.1) is 0 Å². The highest BCUT2D eigenvalue weighted by Gasteiger charge is 2.41. The Morgan fingerprint density at radius 2 is 1.43 bits per heavy atom. The van der Waals surface area contributed by atoms with E-state index in [1.807, 2.05) is 12.1 Å². The average Bonchev–Trinajstić information content (AvgIpc) is 3.48. The number of aromatic hydroxyl groups is 2. The van der Waals surface area contributed by atoms with Gasteiger partial charge >= 0.3 is 11.9 Å². The van der Waals surface area contributed by atoms with Gasteiger partial charge < -0.3 is 30.3 Å². The van der Waals surface area contributed by atoms with E-state index in [2.05, 4.69) is 5.32 Å². The predicted molar refractivity (Wildman–Crippen MR) is 131 cm³/mol. The number of hydrogen-bond donors (Lipinski definition) is 4. The minimum Gasteiger partial charge on any atom is -0.508 e. The van der Waals surface area contributed by atoms with Crippen molar-refractivity contribution in [1.29, 1.82) is 0 Å². The van der Waals surface area contributed by atoms with Crippen LogP contribution in [0.15, 0.2) is 48.5 Å². The number of hydrogen-bond acceptors (Lipinski definition) is 7. The smallest absolute Gasteiger partial charge is 0.327 e. The highest BCUT2D eigenvalue weighted by atomic mass is 35.5. The number of carbonyl (C=O) groups is 3. The Balaban J connectivity index is 0.000000241. The Labute approximate surface area is 210 Å². The van der Waals surface area contributed by atoms with Crippen LogP contribution in [0.25, 0.3) is 0 Å². The van der Waals surface area contributed by atoms with Crippen molar-refractivity contribution in [2.75, 3.05) is 20.2 Å².